The summed E-state index contributed by atoms with van der Waals surface area (Å²) in [5.41, 5.74) is 14.3. The number of carbonyl (C=O) groups excluding carboxylic acids is 3. The average Bonchev–Trinajstić information content (AvgIpc) is 3.61. The van der Waals surface area contributed by atoms with Gasteiger partial charge in [0.2, 0.25) is 5.79 Å². The number of urea groups is 1. The SMILES string of the molecule is NC1=N[C@H]2[C@H](CN3C(=O)CN(c4ccccc4)C3=O)N=C(N)N3CC(NC(=O)c4cccc5c4CCCC54CCC4)C(O)(O)[C@]23N1. The fourth-order valence-corrected chi connectivity index (χ4v) is 8.62. The monoisotopic (exact) mass is 627 g/mol. The van der Waals surface area contributed by atoms with E-state index in [-0.39, 0.29) is 37.0 Å². The quantitative estimate of drug-likeness (QED) is 0.190. The van der Waals surface area contributed by atoms with Crippen molar-refractivity contribution in [2.75, 3.05) is 24.5 Å². The average molecular weight is 628 g/mol. The molecule has 0 bridgehead atoms. The summed E-state index contributed by atoms with van der Waals surface area (Å²) in [6.45, 7) is -0.469. The molecule has 240 valence electrons. The lowest BCUT2D eigenvalue weighted by molar-refractivity contribution is -0.230. The molecule has 4 heterocycles. The lowest BCUT2D eigenvalue weighted by atomic mass is 9.58. The number of fused-ring (bicyclic) bond motifs is 2. The second kappa shape index (κ2) is 9.90. The highest BCUT2D eigenvalue weighted by atomic mass is 16.5. The van der Waals surface area contributed by atoms with Crippen molar-refractivity contribution in [2.45, 2.75) is 73.5 Å². The van der Waals surface area contributed by atoms with Crippen LogP contribution in [0.25, 0.3) is 0 Å². The lowest BCUT2D eigenvalue weighted by Crippen LogP contribution is -2.78. The standard InChI is InChI=1S/C32H37N9O5/c33-27-37-25-22(15-40-24(42)17-39(29(40)44)18-7-2-1-3-8-18)35-28(34)41-16-23(32(45,46)31(25,41)38-27)36-26(43)20-9-4-11-21-19(20)10-5-12-30(21)13-6-14-30/h1-4,7-9,11,22-23,25,45-46H,5-6,10,12-17H2,(H2,34,35)(H,36,43)(H3,33,37,38)/t22-,23?,25-,31-/m0/s1. The molecule has 1 saturated carbocycles. The molecule has 4 aliphatic heterocycles. The Morgan fingerprint density at radius 3 is 2.52 bits per heavy atom. The number of rotatable bonds is 5. The highest BCUT2D eigenvalue weighted by molar-refractivity contribution is 6.12. The number of nitrogens with zero attached hydrogens (tertiary/aromatic N) is 5. The molecule has 3 fully saturated rings. The summed E-state index contributed by atoms with van der Waals surface area (Å²) >= 11 is 0. The Balaban J connectivity index is 1.07. The van der Waals surface area contributed by atoms with Crippen molar-refractivity contribution >= 4 is 35.5 Å². The first-order chi connectivity index (χ1) is 22.1. The number of amides is 4. The number of benzene rings is 2. The van der Waals surface area contributed by atoms with Crippen molar-refractivity contribution in [1.82, 2.24) is 20.4 Å². The molecule has 2 spiro atoms. The number of anilines is 1. The maximum Gasteiger partial charge on any atom is 0.331 e. The smallest absolute Gasteiger partial charge is 0.331 e. The molecular weight excluding hydrogens is 590 g/mol. The van der Waals surface area contributed by atoms with Gasteiger partial charge in [0.05, 0.1) is 12.6 Å². The largest absolute Gasteiger partial charge is 0.370 e. The zero-order valence-electron chi connectivity index (χ0n) is 25.2. The Kier molecular flexibility index (Phi) is 6.19. The first-order valence-corrected chi connectivity index (χ1v) is 15.8. The van der Waals surface area contributed by atoms with Crippen molar-refractivity contribution in [2.24, 2.45) is 21.5 Å². The Morgan fingerprint density at radius 1 is 1.02 bits per heavy atom. The summed E-state index contributed by atoms with van der Waals surface area (Å²) in [6.07, 6.45) is 6.33. The van der Waals surface area contributed by atoms with Crippen molar-refractivity contribution in [3.8, 4) is 0 Å². The minimum Gasteiger partial charge on any atom is -0.370 e. The molecule has 4 amide bonds. The molecule has 6 aliphatic rings. The summed E-state index contributed by atoms with van der Waals surface area (Å²) in [6, 6.07) is 10.9. The summed E-state index contributed by atoms with van der Waals surface area (Å²) in [4.78, 5) is 53.2. The molecular formula is C32H37N9O5. The number of imide groups is 1. The number of hydrogen-bond donors (Lipinski definition) is 6. The molecule has 1 unspecified atom stereocenters. The van der Waals surface area contributed by atoms with Gasteiger partial charge < -0.3 is 37.2 Å². The van der Waals surface area contributed by atoms with E-state index in [1.807, 2.05) is 12.1 Å². The highest BCUT2D eigenvalue weighted by Gasteiger charge is 2.73. The van der Waals surface area contributed by atoms with E-state index >= 15 is 0 Å². The maximum atomic E-state index is 13.9. The van der Waals surface area contributed by atoms with Gasteiger partial charge in [-0.25, -0.2) is 14.8 Å². The van der Waals surface area contributed by atoms with Crippen molar-refractivity contribution in [3.05, 3.63) is 65.2 Å². The zero-order valence-corrected chi connectivity index (χ0v) is 25.2. The molecule has 2 aromatic carbocycles. The van der Waals surface area contributed by atoms with E-state index < -0.39 is 47.4 Å². The van der Waals surface area contributed by atoms with Crippen LogP contribution in [-0.2, 0) is 16.6 Å². The van der Waals surface area contributed by atoms with Crippen LogP contribution in [0, 0.1) is 0 Å². The van der Waals surface area contributed by atoms with Gasteiger partial charge in [0.25, 0.3) is 11.8 Å². The van der Waals surface area contributed by atoms with Gasteiger partial charge in [-0.2, -0.15) is 0 Å². The van der Waals surface area contributed by atoms with Crippen LogP contribution in [0.15, 0.2) is 58.5 Å². The van der Waals surface area contributed by atoms with Crippen molar-refractivity contribution < 1.29 is 24.6 Å². The Morgan fingerprint density at radius 2 is 1.78 bits per heavy atom. The normalized spacial score (nSPS) is 30.2. The van der Waals surface area contributed by atoms with Crippen LogP contribution in [-0.4, -0.2) is 99.0 Å². The van der Waals surface area contributed by atoms with E-state index in [1.165, 1.54) is 21.8 Å². The highest BCUT2D eigenvalue weighted by Crippen LogP contribution is 2.52. The summed E-state index contributed by atoms with van der Waals surface area (Å²) in [5, 5.41) is 29.7. The van der Waals surface area contributed by atoms with Gasteiger partial charge in [0, 0.05) is 17.8 Å². The van der Waals surface area contributed by atoms with Gasteiger partial charge in [-0.05, 0) is 66.8 Å². The number of hydrogen-bond acceptors (Lipinski definition) is 11. The molecule has 14 nitrogen and oxygen atoms in total. The molecule has 8 N–H and O–H groups in total. The minimum atomic E-state index is -2.64. The van der Waals surface area contributed by atoms with Gasteiger partial charge in [0.1, 0.15) is 18.6 Å². The van der Waals surface area contributed by atoms with E-state index in [4.69, 9.17) is 11.5 Å². The van der Waals surface area contributed by atoms with Crippen LogP contribution < -0.4 is 27.0 Å². The second-order valence-electron chi connectivity index (χ2n) is 13.3. The van der Waals surface area contributed by atoms with Crippen LogP contribution in [0.1, 0.15) is 53.6 Å². The molecule has 2 aliphatic carbocycles. The Bertz CT molecular complexity index is 1710. The van der Waals surface area contributed by atoms with E-state index in [0.717, 1.165) is 42.6 Å². The fraction of sp³-hybridized carbons (Fsp3) is 0.469. The summed E-state index contributed by atoms with van der Waals surface area (Å²) in [5.74, 6) is -3.64. The van der Waals surface area contributed by atoms with Gasteiger partial charge in [-0.1, -0.05) is 36.8 Å². The number of nitrogens with two attached hydrogens (primary N) is 2. The van der Waals surface area contributed by atoms with Crippen LogP contribution >= 0.6 is 0 Å². The molecule has 4 atom stereocenters. The first kappa shape index (κ1) is 28.8. The number of guanidine groups is 2. The Labute approximate surface area is 265 Å². The fourth-order valence-electron chi connectivity index (χ4n) is 8.62. The topological polar surface area (TPSA) is 202 Å². The molecule has 0 aromatic heterocycles. The van der Waals surface area contributed by atoms with E-state index in [1.54, 1.807) is 30.3 Å². The third-order valence-corrected chi connectivity index (χ3v) is 11.0. The Hall–Kier alpha value is -4.69. The number of nitrogens with one attached hydrogen (secondary N) is 2. The third kappa shape index (κ3) is 3.86. The summed E-state index contributed by atoms with van der Waals surface area (Å²) in [7, 11) is 0. The maximum absolute atomic E-state index is 13.9. The molecule has 8 rings (SSSR count). The van der Waals surface area contributed by atoms with Gasteiger partial charge in [-0.3, -0.25) is 19.4 Å². The zero-order chi connectivity index (χ0) is 32.0. The van der Waals surface area contributed by atoms with Crippen LogP contribution in [0.2, 0.25) is 0 Å². The van der Waals surface area contributed by atoms with Crippen LogP contribution in [0.4, 0.5) is 10.5 Å². The van der Waals surface area contributed by atoms with Crippen LogP contribution in [0.3, 0.4) is 0 Å². The predicted octanol–water partition coefficient (Wildman–Crippen LogP) is -0.312. The van der Waals surface area contributed by atoms with Crippen molar-refractivity contribution in [3.63, 3.8) is 0 Å². The lowest BCUT2D eigenvalue weighted by Gasteiger charge is -2.49. The third-order valence-electron chi connectivity index (χ3n) is 11.0. The predicted molar refractivity (Wildman–Crippen MR) is 168 cm³/mol. The molecule has 2 saturated heterocycles. The summed E-state index contributed by atoms with van der Waals surface area (Å²) < 4.78 is 0. The number of aliphatic imine (C=N–C) groups is 2. The molecule has 14 heteroatoms. The number of carbonyl (C=O) groups is 3. The van der Waals surface area contributed by atoms with E-state index in [9.17, 15) is 24.6 Å². The first-order valence-electron chi connectivity index (χ1n) is 15.8. The van der Waals surface area contributed by atoms with Gasteiger partial charge >= 0.3 is 6.03 Å². The minimum absolute atomic E-state index is 0.0640. The molecule has 46 heavy (non-hydrogen) atoms. The number of para-hydroxylation sites is 1. The molecule has 0 radical (unpaired) electrons. The van der Waals surface area contributed by atoms with Gasteiger partial charge in [-0.15, -0.1) is 0 Å². The van der Waals surface area contributed by atoms with Crippen molar-refractivity contribution in [1.29, 1.82) is 0 Å². The molecule has 2 aromatic rings. The van der Waals surface area contributed by atoms with Gasteiger partial charge in [0.15, 0.2) is 17.6 Å². The second-order valence-corrected chi connectivity index (χ2v) is 13.3. The van der Waals surface area contributed by atoms with E-state index in [0.29, 0.717) is 11.3 Å². The van der Waals surface area contributed by atoms with E-state index in [2.05, 4.69) is 26.7 Å². The van der Waals surface area contributed by atoms with Crippen LogP contribution in [0.5, 0.6) is 0 Å². The number of aliphatic hydroxyl groups is 2.